The minimum atomic E-state index is -3.55. The molecular formula is C12H13F4N5O4. The van der Waals surface area contributed by atoms with Gasteiger partial charge < -0.3 is 5.11 Å². The molecule has 1 amide bonds. The number of aromatic nitrogens is 2. The molecule has 0 aromatic carbocycles. The highest BCUT2D eigenvalue weighted by atomic mass is 19.3. The molecule has 0 spiro atoms. The molecule has 0 radical (unpaired) electrons. The number of carbonyl (C=O) groups is 1. The summed E-state index contributed by atoms with van der Waals surface area (Å²) < 4.78 is 52.4. The quantitative estimate of drug-likeness (QED) is 0.477. The molecule has 25 heavy (non-hydrogen) atoms. The first-order chi connectivity index (χ1) is 11.5. The molecule has 1 aliphatic heterocycles. The Balaban J connectivity index is 2.33. The first-order valence-corrected chi connectivity index (χ1v) is 6.86. The van der Waals surface area contributed by atoms with Crippen LogP contribution in [-0.2, 0) is 11.3 Å². The van der Waals surface area contributed by atoms with E-state index in [1.54, 1.807) is 0 Å². The van der Waals surface area contributed by atoms with Crippen LogP contribution < -0.4 is 0 Å². The van der Waals surface area contributed by atoms with Gasteiger partial charge in [-0.2, -0.15) is 15.2 Å². The fraction of sp³-hybridized carbons (Fsp3) is 0.583. The number of nitrogens with zero attached hydrogens (tertiary/aromatic N) is 5. The average molecular weight is 367 g/mol. The van der Waals surface area contributed by atoms with Crippen molar-refractivity contribution in [2.24, 2.45) is 5.10 Å². The summed E-state index contributed by atoms with van der Waals surface area (Å²) in [4.78, 5) is 22.4. The first-order valence-electron chi connectivity index (χ1n) is 6.86. The molecule has 9 nitrogen and oxygen atoms in total. The van der Waals surface area contributed by atoms with E-state index >= 15 is 0 Å². The van der Waals surface area contributed by atoms with Crippen molar-refractivity contribution in [1.29, 1.82) is 0 Å². The van der Waals surface area contributed by atoms with Crippen molar-refractivity contribution in [3.63, 3.8) is 0 Å². The molecule has 1 atom stereocenters. The van der Waals surface area contributed by atoms with Gasteiger partial charge in [-0.1, -0.05) is 0 Å². The van der Waals surface area contributed by atoms with Gasteiger partial charge in [0.05, 0.1) is 4.92 Å². The van der Waals surface area contributed by atoms with Gasteiger partial charge in [-0.3, -0.25) is 19.6 Å². The van der Waals surface area contributed by atoms with Crippen LogP contribution in [0.1, 0.15) is 17.8 Å². The number of hydrogen-bond acceptors (Lipinski definition) is 6. The zero-order valence-electron chi connectivity index (χ0n) is 13.0. The number of hydrazone groups is 1. The predicted octanol–water partition coefficient (Wildman–Crippen LogP) is 1.22. The van der Waals surface area contributed by atoms with E-state index in [-0.39, 0.29) is 22.1 Å². The third-order valence-electron chi connectivity index (χ3n) is 3.69. The number of carbonyl (C=O) groups excluding carboxylic acids is 1. The van der Waals surface area contributed by atoms with Gasteiger partial charge in [-0.25, -0.2) is 17.6 Å². The maximum Gasteiger partial charge on any atom is 0.312 e. The Bertz CT molecular complexity index is 750. The Labute approximate surface area is 137 Å². The number of nitro groups is 1. The summed E-state index contributed by atoms with van der Waals surface area (Å²) in [5.41, 5.74) is -4.68. The Morgan fingerprint density at radius 2 is 2.00 bits per heavy atom. The number of alkyl halides is 4. The highest BCUT2D eigenvalue weighted by Crippen LogP contribution is 2.33. The Hall–Kier alpha value is -2.57. The molecule has 0 unspecified atom stereocenters. The Morgan fingerprint density at radius 1 is 1.40 bits per heavy atom. The summed E-state index contributed by atoms with van der Waals surface area (Å²) >= 11 is 0. The fourth-order valence-electron chi connectivity index (χ4n) is 2.45. The molecular weight excluding hydrogens is 354 g/mol. The molecule has 138 valence electrons. The van der Waals surface area contributed by atoms with E-state index in [0.717, 1.165) is 4.68 Å². The summed E-state index contributed by atoms with van der Waals surface area (Å²) in [5.74, 6) is -1.26. The van der Waals surface area contributed by atoms with Crippen molar-refractivity contribution in [3.05, 3.63) is 21.5 Å². The van der Waals surface area contributed by atoms with Crippen LogP contribution >= 0.6 is 0 Å². The van der Waals surface area contributed by atoms with Gasteiger partial charge in [-0.15, -0.1) is 0 Å². The molecule has 0 saturated carbocycles. The smallest absolute Gasteiger partial charge is 0.312 e. The maximum atomic E-state index is 13.1. The Morgan fingerprint density at radius 3 is 2.44 bits per heavy atom. The van der Waals surface area contributed by atoms with Gasteiger partial charge in [0.1, 0.15) is 23.6 Å². The zero-order valence-corrected chi connectivity index (χ0v) is 13.0. The SMILES string of the molecule is Cc1nn(CC(=O)N2N=C(C(F)F)C[C@@]2(O)C(F)F)c(C)c1[N+](=O)[O-]. The molecule has 0 bridgehead atoms. The summed E-state index contributed by atoms with van der Waals surface area (Å²) in [6.07, 6.45) is -7.98. The van der Waals surface area contributed by atoms with Gasteiger partial charge in [-0.05, 0) is 13.8 Å². The second kappa shape index (κ2) is 6.38. The van der Waals surface area contributed by atoms with Crippen molar-refractivity contribution >= 4 is 17.3 Å². The summed E-state index contributed by atoms with van der Waals surface area (Å²) in [7, 11) is 0. The minimum absolute atomic E-state index is 0.0161. The maximum absolute atomic E-state index is 13.1. The average Bonchev–Trinajstić information content (AvgIpc) is 2.98. The molecule has 13 heteroatoms. The largest absolute Gasteiger partial charge is 0.364 e. The lowest BCUT2D eigenvalue weighted by Crippen LogP contribution is -2.52. The third kappa shape index (κ3) is 3.18. The minimum Gasteiger partial charge on any atom is -0.364 e. The van der Waals surface area contributed by atoms with E-state index in [4.69, 9.17) is 0 Å². The van der Waals surface area contributed by atoms with E-state index < -0.39 is 48.1 Å². The number of aliphatic hydroxyl groups is 1. The van der Waals surface area contributed by atoms with Gasteiger partial charge in [0, 0.05) is 6.42 Å². The molecule has 1 aliphatic rings. The second-order valence-corrected chi connectivity index (χ2v) is 5.39. The van der Waals surface area contributed by atoms with Gasteiger partial charge in [0.15, 0.2) is 0 Å². The van der Waals surface area contributed by atoms with Crippen LogP contribution in [0.15, 0.2) is 5.10 Å². The highest BCUT2D eigenvalue weighted by molar-refractivity contribution is 5.92. The molecule has 2 heterocycles. The number of hydrogen-bond donors (Lipinski definition) is 1. The first kappa shape index (κ1) is 18.8. The third-order valence-corrected chi connectivity index (χ3v) is 3.69. The van der Waals surface area contributed by atoms with Crippen molar-refractivity contribution in [2.75, 3.05) is 0 Å². The lowest BCUT2D eigenvalue weighted by atomic mass is 10.1. The van der Waals surface area contributed by atoms with Crippen LogP contribution in [0.25, 0.3) is 0 Å². The number of aryl methyl sites for hydroxylation is 1. The van der Waals surface area contributed by atoms with Crippen molar-refractivity contribution in [2.45, 2.75) is 45.4 Å². The molecule has 0 fully saturated rings. The standard InChI is InChI=1S/C12H13F4N5O4/c1-5-9(21(24)25)6(2)19(17-5)4-8(22)20-12(23,11(15)16)3-7(18-20)10(13)14/h10-11,23H,3-4H2,1-2H3/t12-/m1/s1. The van der Waals surface area contributed by atoms with Crippen LogP contribution in [0.3, 0.4) is 0 Å². The van der Waals surface area contributed by atoms with Crippen molar-refractivity contribution in [3.8, 4) is 0 Å². The fourth-order valence-corrected chi connectivity index (χ4v) is 2.45. The van der Waals surface area contributed by atoms with Gasteiger partial charge >= 0.3 is 5.69 Å². The van der Waals surface area contributed by atoms with E-state index in [1.807, 2.05) is 0 Å². The topological polar surface area (TPSA) is 114 Å². The molecule has 2 rings (SSSR count). The second-order valence-electron chi connectivity index (χ2n) is 5.39. The van der Waals surface area contributed by atoms with Crippen molar-refractivity contribution < 1.29 is 32.4 Å². The van der Waals surface area contributed by atoms with Gasteiger partial charge in [0.2, 0.25) is 5.72 Å². The predicted molar refractivity (Wildman–Crippen MR) is 74.2 cm³/mol. The molecule has 1 aromatic rings. The number of amides is 1. The summed E-state index contributed by atoms with van der Waals surface area (Å²) in [5, 5.41) is 27.5. The zero-order chi connectivity index (χ0) is 19.1. The summed E-state index contributed by atoms with van der Waals surface area (Å²) in [6, 6.07) is 0. The van der Waals surface area contributed by atoms with Crippen LogP contribution in [-0.4, -0.2) is 55.0 Å². The Kier molecular flexibility index (Phi) is 4.79. The normalized spacial score (nSPS) is 20.5. The van der Waals surface area contributed by atoms with E-state index in [1.165, 1.54) is 13.8 Å². The number of halogens is 4. The van der Waals surface area contributed by atoms with E-state index in [0.29, 0.717) is 0 Å². The van der Waals surface area contributed by atoms with Crippen LogP contribution in [0, 0.1) is 24.0 Å². The van der Waals surface area contributed by atoms with Gasteiger partial charge in [0.25, 0.3) is 18.8 Å². The van der Waals surface area contributed by atoms with E-state index in [2.05, 4.69) is 10.2 Å². The van der Waals surface area contributed by atoms with Crippen LogP contribution in [0.5, 0.6) is 0 Å². The number of rotatable bonds is 5. The molecule has 1 N–H and O–H groups in total. The molecule has 1 aromatic heterocycles. The lowest BCUT2D eigenvalue weighted by molar-refractivity contribution is -0.386. The lowest BCUT2D eigenvalue weighted by Gasteiger charge is -2.29. The van der Waals surface area contributed by atoms with E-state index in [9.17, 15) is 37.6 Å². The highest BCUT2D eigenvalue weighted by Gasteiger charge is 2.53. The molecule has 0 aliphatic carbocycles. The molecule has 0 saturated heterocycles. The monoisotopic (exact) mass is 367 g/mol. The van der Waals surface area contributed by atoms with Crippen LogP contribution in [0.4, 0.5) is 23.2 Å². The summed E-state index contributed by atoms with van der Waals surface area (Å²) in [6.45, 7) is 1.79. The van der Waals surface area contributed by atoms with Crippen LogP contribution in [0.2, 0.25) is 0 Å². The van der Waals surface area contributed by atoms with Crippen molar-refractivity contribution in [1.82, 2.24) is 14.8 Å².